The molecule has 0 unspecified atom stereocenters. The van der Waals surface area contributed by atoms with E-state index in [1.807, 2.05) is 0 Å². The average molecular weight is 219 g/mol. The van der Waals surface area contributed by atoms with Gasteiger partial charge in [0.05, 0.1) is 10.0 Å². The van der Waals surface area contributed by atoms with Crippen LogP contribution in [0.1, 0.15) is 0 Å². The Hall–Kier alpha value is -0.930. The Morgan fingerprint density at radius 2 is 2.00 bits per heavy atom. The predicted molar refractivity (Wildman–Crippen MR) is 54.4 cm³/mol. The molecule has 0 saturated heterocycles. The highest BCUT2D eigenvalue weighted by molar-refractivity contribution is 6.42. The normalized spacial score (nSPS) is 9.77. The molecule has 0 fully saturated rings. The minimum absolute atomic E-state index is 0.396. The molecule has 2 amide bonds. The Morgan fingerprint density at radius 1 is 1.38 bits per heavy atom. The summed E-state index contributed by atoms with van der Waals surface area (Å²) in [6.45, 7) is 0. The molecule has 0 aromatic heterocycles. The summed E-state index contributed by atoms with van der Waals surface area (Å²) in [6, 6.07) is 4.31. The van der Waals surface area contributed by atoms with Gasteiger partial charge in [-0.2, -0.15) is 0 Å². The number of nitrogens with zero attached hydrogens (tertiary/aromatic N) is 1. The van der Waals surface area contributed by atoms with Crippen LogP contribution in [0.3, 0.4) is 0 Å². The van der Waals surface area contributed by atoms with Gasteiger partial charge in [0.2, 0.25) is 0 Å². The van der Waals surface area contributed by atoms with Crippen molar-refractivity contribution in [1.82, 2.24) is 0 Å². The maximum atomic E-state index is 10.8. The van der Waals surface area contributed by atoms with E-state index in [4.69, 9.17) is 28.9 Å². The zero-order chi connectivity index (χ0) is 10.0. The lowest BCUT2D eigenvalue weighted by Gasteiger charge is -2.14. The van der Waals surface area contributed by atoms with E-state index in [2.05, 4.69) is 0 Å². The smallest absolute Gasteiger partial charge is 0.318 e. The van der Waals surface area contributed by atoms with E-state index >= 15 is 0 Å². The Kier molecular flexibility index (Phi) is 3.01. The number of halogens is 2. The first-order valence-corrected chi connectivity index (χ1v) is 4.26. The standard InChI is InChI=1S/C8H8Cl2N2O/c1-12(8(11)13)5-2-3-6(9)7(10)4-5/h2-4H,1H3,(H2,11,13). The van der Waals surface area contributed by atoms with Gasteiger partial charge in [0.15, 0.2) is 0 Å². The third-order valence-electron chi connectivity index (χ3n) is 1.62. The number of urea groups is 1. The molecule has 0 heterocycles. The lowest BCUT2D eigenvalue weighted by atomic mass is 10.3. The molecule has 70 valence electrons. The quantitative estimate of drug-likeness (QED) is 0.774. The molecule has 0 radical (unpaired) electrons. The molecule has 3 nitrogen and oxygen atoms in total. The first-order chi connectivity index (χ1) is 6.02. The van der Waals surface area contributed by atoms with Crippen molar-refractivity contribution in [3.8, 4) is 0 Å². The highest BCUT2D eigenvalue weighted by Gasteiger charge is 2.07. The Labute approximate surface area is 86.0 Å². The molecule has 0 aliphatic heterocycles. The summed E-state index contributed by atoms with van der Waals surface area (Å²) < 4.78 is 0. The number of anilines is 1. The van der Waals surface area contributed by atoms with Gasteiger partial charge in [0.1, 0.15) is 0 Å². The molecule has 2 N–H and O–H groups in total. The summed E-state index contributed by atoms with van der Waals surface area (Å²) in [5, 5.41) is 0.843. The van der Waals surface area contributed by atoms with E-state index in [1.165, 1.54) is 4.90 Å². The van der Waals surface area contributed by atoms with Crippen LogP contribution in [0.15, 0.2) is 18.2 Å². The van der Waals surface area contributed by atoms with Crippen LogP contribution in [-0.2, 0) is 0 Å². The molecule has 0 spiro atoms. The zero-order valence-corrected chi connectivity index (χ0v) is 8.43. The molecular weight excluding hydrogens is 211 g/mol. The monoisotopic (exact) mass is 218 g/mol. The minimum Gasteiger partial charge on any atom is -0.351 e. The molecular formula is C8H8Cl2N2O. The van der Waals surface area contributed by atoms with Crippen molar-refractivity contribution in [2.24, 2.45) is 5.73 Å². The van der Waals surface area contributed by atoms with Crippen molar-refractivity contribution in [1.29, 1.82) is 0 Å². The second kappa shape index (κ2) is 3.85. The fourth-order valence-corrected chi connectivity index (χ4v) is 1.11. The highest BCUT2D eigenvalue weighted by atomic mass is 35.5. The summed E-state index contributed by atoms with van der Waals surface area (Å²) in [5.74, 6) is 0. The second-order valence-electron chi connectivity index (χ2n) is 2.50. The fourth-order valence-electron chi connectivity index (χ4n) is 0.821. The van der Waals surface area contributed by atoms with Crippen LogP contribution >= 0.6 is 23.2 Å². The van der Waals surface area contributed by atoms with Gasteiger partial charge in [0.25, 0.3) is 0 Å². The first kappa shape index (κ1) is 10.2. The number of primary amides is 1. The molecule has 1 aromatic carbocycles. The number of benzene rings is 1. The van der Waals surface area contributed by atoms with Crippen LogP contribution in [0.4, 0.5) is 10.5 Å². The highest BCUT2D eigenvalue weighted by Crippen LogP contribution is 2.26. The fraction of sp³-hybridized carbons (Fsp3) is 0.125. The predicted octanol–water partition coefficient (Wildman–Crippen LogP) is 2.51. The van der Waals surface area contributed by atoms with Gasteiger partial charge in [-0.05, 0) is 18.2 Å². The Morgan fingerprint density at radius 3 is 2.46 bits per heavy atom. The number of rotatable bonds is 1. The lowest BCUT2D eigenvalue weighted by molar-refractivity contribution is 0.255. The number of carbonyl (C=O) groups excluding carboxylic acids is 1. The van der Waals surface area contributed by atoms with E-state index < -0.39 is 6.03 Å². The summed E-state index contributed by atoms with van der Waals surface area (Å²) in [7, 11) is 1.56. The van der Waals surface area contributed by atoms with Crippen molar-refractivity contribution in [3.63, 3.8) is 0 Å². The largest absolute Gasteiger partial charge is 0.351 e. The van der Waals surface area contributed by atoms with Gasteiger partial charge in [-0.15, -0.1) is 0 Å². The summed E-state index contributed by atoms with van der Waals surface area (Å²) >= 11 is 11.5. The molecule has 1 rings (SSSR count). The van der Waals surface area contributed by atoms with Crippen molar-refractivity contribution in [3.05, 3.63) is 28.2 Å². The van der Waals surface area contributed by atoms with Gasteiger partial charge in [-0.25, -0.2) is 4.79 Å². The topological polar surface area (TPSA) is 46.3 Å². The van der Waals surface area contributed by atoms with Crippen LogP contribution in [-0.4, -0.2) is 13.1 Å². The van der Waals surface area contributed by atoms with Crippen molar-refractivity contribution >= 4 is 34.9 Å². The third kappa shape index (κ3) is 2.26. The van der Waals surface area contributed by atoms with E-state index in [0.717, 1.165) is 0 Å². The van der Waals surface area contributed by atoms with Crippen LogP contribution in [0.5, 0.6) is 0 Å². The van der Waals surface area contributed by atoms with E-state index in [1.54, 1.807) is 25.2 Å². The minimum atomic E-state index is -0.543. The maximum Gasteiger partial charge on any atom is 0.318 e. The number of amides is 2. The maximum absolute atomic E-state index is 10.8. The van der Waals surface area contributed by atoms with Crippen molar-refractivity contribution < 1.29 is 4.79 Å². The second-order valence-corrected chi connectivity index (χ2v) is 3.31. The van der Waals surface area contributed by atoms with Crippen molar-refractivity contribution in [2.45, 2.75) is 0 Å². The summed E-state index contributed by atoms with van der Waals surface area (Å²) in [6.07, 6.45) is 0. The van der Waals surface area contributed by atoms with Gasteiger partial charge in [0, 0.05) is 12.7 Å². The number of hydrogen-bond donors (Lipinski definition) is 1. The van der Waals surface area contributed by atoms with Crippen LogP contribution in [0.25, 0.3) is 0 Å². The molecule has 0 bridgehead atoms. The van der Waals surface area contributed by atoms with Crippen LogP contribution < -0.4 is 10.6 Å². The first-order valence-electron chi connectivity index (χ1n) is 3.50. The van der Waals surface area contributed by atoms with Gasteiger partial charge >= 0.3 is 6.03 Å². The Balaban J connectivity index is 3.03. The molecule has 13 heavy (non-hydrogen) atoms. The average Bonchev–Trinajstić information content (AvgIpc) is 2.08. The third-order valence-corrected chi connectivity index (χ3v) is 2.36. The van der Waals surface area contributed by atoms with E-state index in [9.17, 15) is 4.79 Å². The summed E-state index contributed by atoms with van der Waals surface area (Å²) in [5.41, 5.74) is 5.68. The van der Waals surface area contributed by atoms with E-state index in [-0.39, 0.29) is 0 Å². The molecule has 0 aliphatic rings. The van der Waals surface area contributed by atoms with Crippen LogP contribution in [0.2, 0.25) is 10.0 Å². The molecule has 0 atom stereocenters. The van der Waals surface area contributed by atoms with E-state index in [0.29, 0.717) is 15.7 Å². The lowest BCUT2D eigenvalue weighted by Crippen LogP contribution is -2.31. The van der Waals surface area contributed by atoms with Gasteiger partial charge in [-0.3, -0.25) is 4.90 Å². The molecule has 0 saturated carbocycles. The molecule has 5 heteroatoms. The Bertz CT molecular complexity index is 341. The number of carbonyl (C=O) groups is 1. The SMILES string of the molecule is CN(C(N)=O)c1ccc(Cl)c(Cl)c1. The van der Waals surface area contributed by atoms with Crippen molar-refractivity contribution in [2.75, 3.05) is 11.9 Å². The van der Waals surface area contributed by atoms with Crippen LogP contribution in [0, 0.1) is 0 Å². The van der Waals surface area contributed by atoms with Gasteiger partial charge in [-0.1, -0.05) is 23.2 Å². The zero-order valence-electron chi connectivity index (χ0n) is 6.92. The number of nitrogens with two attached hydrogens (primary N) is 1. The molecule has 1 aromatic rings. The molecule has 0 aliphatic carbocycles. The van der Waals surface area contributed by atoms with Gasteiger partial charge < -0.3 is 5.73 Å². The number of hydrogen-bond acceptors (Lipinski definition) is 1. The summed E-state index contributed by atoms with van der Waals surface area (Å²) in [4.78, 5) is 12.0.